The molecule has 2 aliphatic rings. The molecule has 2 saturated carbocycles. The van der Waals surface area contributed by atoms with Crippen LogP contribution in [-0.2, 0) is 4.79 Å². The van der Waals surface area contributed by atoms with Gasteiger partial charge in [0.25, 0.3) is 0 Å². The van der Waals surface area contributed by atoms with E-state index in [1.165, 1.54) is 32.1 Å². The quantitative estimate of drug-likeness (QED) is 0.796. The van der Waals surface area contributed by atoms with Crippen LogP contribution in [0, 0.1) is 5.41 Å². The first kappa shape index (κ1) is 12.9. The van der Waals surface area contributed by atoms with Crippen molar-refractivity contribution in [3.05, 3.63) is 0 Å². The van der Waals surface area contributed by atoms with Gasteiger partial charge in [-0.3, -0.25) is 4.79 Å². The van der Waals surface area contributed by atoms with E-state index in [4.69, 9.17) is 0 Å². The lowest BCUT2D eigenvalue weighted by atomic mass is 9.92. The Hall–Kier alpha value is -0.570. The normalized spacial score (nSPS) is 27.1. The van der Waals surface area contributed by atoms with Crippen LogP contribution >= 0.6 is 0 Å². The molecule has 2 aliphatic carbocycles. The molecule has 1 atom stereocenters. The Morgan fingerprint density at radius 3 is 2.53 bits per heavy atom. The summed E-state index contributed by atoms with van der Waals surface area (Å²) < 4.78 is 0. The molecule has 0 aromatic heterocycles. The third-order valence-corrected chi connectivity index (χ3v) is 4.16. The van der Waals surface area contributed by atoms with Crippen LogP contribution in [0.25, 0.3) is 0 Å². The molecule has 2 fully saturated rings. The lowest BCUT2D eigenvalue weighted by molar-refractivity contribution is -0.130. The third-order valence-electron chi connectivity index (χ3n) is 4.16. The highest BCUT2D eigenvalue weighted by molar-refractivity contribution is 5.78. The number of likely N-dealkylation sites (N-methyl/N-ethyl adjacent to an activating group) is 1. The van der Waals surface area contributed by atoms with Gasteiger partial charge in [-0.2, -0.15) is 0 Å². The predicted molar refractivity (Wildman–Crippen MR) is 69.8 cm³/mol. The summed E-state index contributed by atoms with van der Waals surface area (Å²) >= 11 is 0. The first-order valence-electron chi connectivity index (χ1n) is 7.05. The number of rotatable bonds is 5. The van der Waals surface area contributed by atoms with Gasteiger partial charge in [0.15, 0.2) is 0 Å². The number of carbonyl (C=O) groups is 1. The molecule has 1 amide bonds. The molecule has 0 aromatic carbocycles. The number of nitrogens with zero attached hydrogens (tertiary/aromatic N) is 1. The molecule has 2 rings (SSSR count). The highest BCUT2D eigenvalue weighted by atomic mass is 16.2. The number of hydrogen-bond donors (Lipinski definition) is 1. The topological polar surface area (TPSA) is 32.3 Å². The number of nitrogens with one attached hydrogen (secondary N) is 1. The van der Waals surface area contributed by atoms with Crippen molar-refractivity contribution in [1.29, 1.82) is 0 Å². The maximum Gasteiger partial charge on any atom is 0.236 e. The van der Waals surface area contributed by atoms with Gasteiger partial charge < -0.3 is 10.2 Å². The highest BCUT2D eigenvalue weighted by Crippen LogP contribution is 2.36. The zero-order chi connectivity index (χ0) is 12.5. The van der Waals surface area contributed by atoms with Crippen LogP contribution < -0.4 is 5.32 Å². The van der Waals surface area contributed by atoms with Crippen LogP contribution in [0.1, 0.15) is 52.9 Å². The van der Waals surface area contributed by atoms with Gasteiger partial charge in [0.1, 0.15) is 0 Å². The molecule has 0 saturated heterocycles. The van der Waals surface area contributed by atoms with Crippen molar-refractivity contribution >= 4 is 5.91 Å². The third kappa shape index (κ3) is 3.44. The fourth-order valence-electron chi connectivity index (χ4n) is 2.97. The average molecular weight is 238 g/mol. The summed E-state index contributed by atoms with van der Waals surface area (Å²) in [6.07, 6.45) is 6.11. The van der Waals surface area contributed by atoms with Crippen LogP contribution in [0.3, 0.4) is 0 Å². The largest absolute Gasteiger partial charge is 0.339 e. The van der Waals surface area contributed by atoms with Crippen LogP contribution in [0.15, 0.2) is 0 Å². The number of carbonyl (C=O) groups excluding carboxylic acids is 1. The second-order valence-corrected chi connectivity index (χ2v) is 6.40. The Morgan fingerprint density at radius 2 is 2.06 bits per heavy atom. The van der Waals surface area contributed by atoms with Crippen molar-refractivity contribution in [1.82, 2.24) is 10.2 Å². The Balaban J connectivity index is 1.72. The Bertz CT molecular complexity index is 284. The molecule has 0 aliphatic heterocycles. The van der Waals surface area contributed by atoms with Crippen LogP contribution in [0.5, 0.6) is 0 Å². The van der Waals surface area contributed by atoms with E-state index in [2.05, 4.69) is 26.1 Å². The van der Waals surface area contributed by atoms with Crippen molar-refractivity contribution in [2.24, 2.45) is 5.41 Å². The first-order chi connectivity index (χ1) is 8.02. The second kappa shape index (κ2) is 4.97. The van der Waals surface area contributed by atoms with Crippen LogP contribution in [-0.4, -0.2) is 36.0 Å². The van der Waals surface area contributed by atoms with Crippen molar-refractivity contribution in [3.63, 3.8) is 0 Å². The van der Waals surface area contributed by atoms with E-state index >= 15 is 0 Å². The fourth-order valence-corrected chi connectivity index (χ4v) is 2.97. The Kier molecular flexibility index (Phi) is 3.76. The van der Waals surface area contributed by atoms with E-state index in [0.717, 1.165) is 6.54 Å². The summed E-state index contributed by atoms with van der Waals surface area (Å²) in [5, 5.41) is 3.44. The molecule has 17 heavy (non-hydrogen) atoms. The fraction of sp³-hybridized carbons (Fsp3) is 0.929. The second-order valence-electron chi connectivity index (χ2n) is 6.40. The minimum Gasteiger partial charge on any atom is -0.339 e. The lowest BCUT2D eigenvalue weighted by Crippen LogP contribution is -2.42. The summed E-state index contributed by atoms with van der Waals surface area (Å²) in [5.41, 5.74) is 0.460. The van der Waals surface area contributed by atoms with Crippen molar-refractivity contribution in [3.8, 4) is 0 Å². The van der Waals surface area contributed by atoms with Gasteiger partial charge in [0.05, 0.1) is 6.54 Å². The summed E-state index contributed by atoms with van der Waals surface area (Å²) in [7, 11) is 0. The molecule has 0 bridgehead atoms. The molecule has 98 valence electrons. The van der Waals surface area contributed by atoms with Gasteiger partial charge in [-0.1, -0.05) is 13.8 Å². The predicted octanol–water partition coefficient (Wildman–Crippen LogP) is 2.17. The molecule has 0 spiro atoms. The monoisotopic (exact) mass is 238 g/mol. The molecule has 0 radical (unpaired) electrons. The van der Waals surface area contributed by atoms with Crippen molar-refractivity contribution in [2.45, 2.75) is 65.0 Å². The standard InChI is InChI=1S/C14H26N2O/c1-4-16(12-5-6-12)13(17)10-15-11-7-8-14(2,3)9-11/h11-12,15H,4-10H2,1-3H3. The van der Waals surface area contributed by atoms with E-state index in [1.54, 1.807) is 0 Å². The summed E-state index contributed by atoms with van der Waals surface area (Å²) in [5.74, 6) is 0.291. The zero-order valence-corrected chi connectivity index (χ0v) is 11.5. The minimum atomic E-state index is 0.291. The molecular weight excluding hydrogens is 212 g/mol. The average Bonchev–Trinajstić information content (AvgIpc) is 3.02. The molecule has 1 unspecified atom stereocenters. The molecule has 3 heteroatoms. The smallest absolute Gasteiger partial charge is 0.236 e. The summed E-state index contributed by atoms with van der Waals surface area (Å²) in [6.45, 7) is 8.11. The van der Waals surface area contributed by atoms with E-state index in [0.29, 0.717) is 30.0 Å². The van der Waals surface area contributed by atoms with Crippen molar-refractivity contribution in [2.75, 3.05) is 13.1 Å². The van der Waals surface area contributed by atoms with E-state index in [9.17, 15) is 4.79 Å². The Labute approximate surface area is 105 Å². The van der Waals surface area contributed by atoms with Gasteiger partial charge in [-0.15, -0.1) is 0 Å². The molecule has 0 aromatic rings. The Morgan fingerprint density at radius 1 is 1.35 bits per heavy atom. The molecule has 3 nitrogen and oxygen atoms in total. The maximum absolute atomic E-state index is 12.0. The van der Waals surface area contributed by atoms with Gasteiger partial charge in [0, 0.05) is 18.6 Å². The lowest BCUT2D eigenvalue weighted by Gasteiger charge is -2.22. The SMILES string of the molecule is CCN(C(=O)CNC1CCC(C)(C)C1)C1CC1. The van der Waals surface area contributed by atoms with E-state index in [1.807, 2.05) is 4.90 Å². The van der Waals surface area contributed by atoms with Gasteiger partial charge in [-0.25, -0.2) is 0 Å². The molecular formula is C14H26N2O. The van der Waals surface area contributed by atoms with E-state index in [-0.39, 0.29) is 0 Å². The van der Waals surface area contributed by atoms with Gasteiger partial charge in [-0.05, 0) is 44.4 Å². The number of hydrogen-bond acceptors (Lipinski definition) is 2. The van der Waals surface area contributed by atoms with Crippen LogP contribution in [0.2, 0.25) is 0 Å². The van der Waals surface area contributed by atoms with Crippen LogP contribution in [0.4, 0.5) is 0 Å². The minimum absolute atomic E-state index is 0.291. The van der Waals surface area contributed by atoms with Gasteiger partial charge >= 0.3 is 0 Å². The van der Waals surface area contributed by atoms with E-state index < -0.39 is 0 Å². The summed E-state index contributed by atoms with van der Waals surface area (Å²) in [4.78, 5) is 14.1. The molecule has 0 heterocycles. The molecule has 1 N–H and O–H groups in total. The van der Waals surface area contributed by atoms with Gasteiger partial charge in [0.2, 0.25) is 5.91 Å². The highest BCUT2D eigenvalue weighted by Gasteiger charge is 2.33. The zero-order valence-electron chi connectivity index (χ0n) is 11.5. The first-order valence-corrected chi connectivity index (χ1v) is 7.05. The number of amides is 1. The van der Waals surface area contributed by atoms with Crippen molar-refractivity contribution < 1.29 is 4.79 Å². The summed E-state index contributed by atoms with van der Waals surface area (Å²) in [6, 6.07) is 1.10. The maximum atomic E-state index is 12.0.